The highest BCUT2D eigenvalue weighted by molar-refractivity contribution is 6.36. The molecule has 19 heavy (non-hydrogen) atoms. The van der Waals surface area contributed by atoms with Crippen molar-refractivity contribution in [1.82, 2.24) is 4.98 Å². The average Bonchev–Trinajstić information content (AvgIpc) is 2.40. The Bertz CT molecular complexity index is 602. The van der Waals surface area contributed by atoms with Gasteiger partial charge in [-0.3, -0.25) is 4.98 Å². The Labute approximate surface area is 119 Å². The number of rotatable bonds is 4. The number of aromatic nitrogens is 1. The number of pyridine rings is 1. The fraction of sp³-hybridized carbons (Fsp3) is 0.0769. The fourth-order valence-corrected chi connectivity index (χ4v) is 1.95. The van der Waals surface area contributed by atoms with E-state index in [0.29, 0.717) is 0 Å². The topological polar surface area (TPSA) is 59.4 Å². The summed E-state index contributed by atoms with van der Waals surface area (Å²) in [6.45, 7) is 0.161. The van der Waals surface area contributed by atoms with Crippen LogP contribution in [0.5, 0.6) is 5.75 Å². The van der Waals surface area contributed by atoms with Gasteiger partial charge in [0.15, 0.2) is 5.75 Å². The quantitative estimate of drug-likeness (QED) is 0.935. The molecule has 0 radical (unpaired) electrons. The highest BCUT2D eigenvalue weighted by Gasteiger charge is 2.19. The third-order valence-electron chi connectivity index (χ3n) is 2.38. The molecule has 0 unspecified atom stereocenters. The first-order chi connectivity index (χ1) is 9.09. The van der Waals surface area contributed by atoms with E-state index in [4.69, 9.17) is 33.0 Å². The maximum Gasteiger partial charge on any atom is 0.341 e. The minimum atomic E-state index is -1.19. The standard InChI is InChI=1S/C13H9Cl2NO3/c14-9-3-4-10(15)12(11(9)13(17)18)19-7-8-2-1-5-16-6-8/h1-6H,7H2,(H,17,18). The molecule has 0 atom stereocenters. The molecule has 1 aromatic heterocycles. The number of nitrogens with zero attached hydrogens (tertiary/aromatic N) is 1. The molecule has 1 heterocycles. The number of ether oxygens (including phenoxy) is 1. The molecular weight excluding hydrogens is 289 g/mol. The summed E-state index contributed by atoms with van der Waals surface area (Å²) < 4.78 is 5.46. The fourth-order valence-electron chi connectivity index (χ4n) is 1.51. The van der Waals surface area contributed by atoms with Crippen molar-refractivity contribution in [2.45, 2.75) is 6.61 Å². The first kappa shape index (κ1) is 13.6. The number of carboxylic acid groups (broad SMARTS) is 1. The zero-order valence-electron chi connectivity index (χ0n) is 9.64. The number of aromatic carboxylic acids is 1. The van der Waals surface area contributed by atoms with Crippen molar-refractivity contribution < 1.29 is 14.6 Å². The van der Waals surface area contributed by atoms with Crippen LogP contribution in [0.2, 0.25) is 10.0 Å². The minimum Gasteiger partial charge on any atom is -0.486 e. The predicted molar refractivity (Wildman–Crippen MR) is 72.0 cm³/mol. The van der Waals surface area contributed by atoms with Crippen molar-refractivity contribution in [3.63, 3.8) is 0 Å². The number of benzene rings is 1. The first-order valence-electron chi connectivity index (χ1n) is 5.32. The minimum absolute atomic E-state index is 0.0607. The Balaban J connectivity index is 2.29. The lowest BCUT2D eigenvalue weighted by atomic mass is 10.2. The summed E-state index contributed by atoms with van der Waals surface area (Å²) in [6, 6.07) is 6.49. The molecule has 0 aliphatic rings. The van der Waals surface area contributed by atoms with Gasteiger partial charge in [0.2, 0.25) is 0 Å². The highest BCUT2D eigenvalue weighted by atomic mass is 35.5. The van der Waals surface area contributed by atoms with E-state index in [1.165, 1.54) is 12.1 Å². The Kier molecular flexibility index (Phi) is 4.24. The summed E-state index contributed by atoms with van der Waals surface area (Å²) in [6.07, 6.45) is 3.26. The van der Waals surface area contributed by atoms with Crippen molar-refractivity contribution in [2.24, 2.45) is 0 Å². The Hall–Kier alpha value is -1.78. The van der Waals surface area contributed by atoms with Gasteiger partial charge < -0.3 is 9.84 Å². The van der Waals surface area contributed by atoms with Crippen molar-refractivity contribution in [1.29, 1.82) is 0 Å². The van der Waals surface area contributed by atoms with Gasteiger partial charge in [-0.05, 0) is 18.2 Å². The Morgan fingerprint density at radius 3 is 2.63 bits per heavy atom. The summed E-state index contributed by atoms with van der Waals surface area (Å²) in [5, 5.41) is 9.41. The molecule has 6 heteroatoms. The number of hydrogen-bond acceptors (Lipinski definition) is 3. The molecule has 98 valence electrons. The van der Waals surface area contributed by atoms with Crippen LogP contribution in [-0.2, 0) is 6.61 Å². The van der Waals surface area contributed by atoms with Gasteiger partial charge in [0, 0.05) is 18.0 Å². The molecule has 1 N–H and O–H groups in total. The lowest BCUT2D eigenvalue weighted by Gasteiger charge is -2.12. The van der Waals surface area contributed by atoms with E-state index in [1.54, 1.807) is 18.5 Å². The third kappa shape index (κ3) is 3.16. The highest BCUT2D eigenvalue weighted by Crippen LogP contribution is 2.34. The third-order valence-corrected chi connectivity index (χ3v) is 2.99. The van der Waals surface area contributed by atoms with Crippen molar-refractivity contribution in [3.8, 4) is 5.75 Å². The van der Waals surface area contributed by atoms with Crippen LogP contribution in [0.15, 0.2) is 36.7 Å². The second-order valence-corrected chi connectivity index (χ2v) is 4.50. The van der Waals surface area contributed by atoms with Gasteiger partial charge in [0.25, 0.3) is 0 Å². The second kappa shape index (κ2) is 5.91. The van der Waals surface area contributed by atoms with Crippen LogP contribution in [0.3, 0.4) is 0 Å². The smallest absolute Gasteiger partial charge is 0.341 e. The number of carbonyl (C=O) groups is 1. The molecule has 0 saturated heterocycles. The van der Waals surface area contributed by atoms with Crippen LogP contribution in [0, 0.1) is 0 Å². The molecular formula is C13H9Cl2NO3. The van der Waals surface area contributed by atoms with E-state index in [2.05, 4.69) is 4.98 Å². The van der Waals surface area contributed by atoms with Crippen molar-refractivity contribution >= 4 is 29.2 Å². The van der Waals surface area contributed by atoms with E-state index in [0.717, 1.165) is 5.56 Å². The molecule has 0 saturated carbocycles. The maximum absolute atomic E-state index is 11.2. The van der Waals surface area contributed by atoms with Crippen LogP contribution in [0.25, 0.3) is 0 Å². The largest absolute Gasteiger partial charge is 0.486 e. The van der Waals surface area contributed by atoms with Gasteiger partial charge in [-0.2, -0.15) is 0 Å². The van der Waals surface area contributed by atoms with E-state index >= 15 is 0 Å². The van der Waals surface area contributed by atoms with Gasteiger partial charge >= 0.3 is 5.97 Å². The van der Waals surface area contributed by atoms with Crippen LogP contribution < -0.4 is 4.74 Å². The van der Waals surface area contributed by atoms with Crippen LogP contribution in [0.1, 0.15) is 15.9 Å². The normalized spacial score (nSPS) is 10.2. The van der Waals surface area contributed by atoms with E-state index in [9.17, 15) is 4.79 Å². The summed E-state index contributed by atoms with van der Waals surface area (Å²) in [4.78, 5) is 15.1. The predicted octanol–water partition coefficient (Wildman–Crippen LogP) is 3.67. The van der Waals surface area contributed by atoms with E-state index in [-0.39, 0.29) is 28.0 Å². The van der Waals surface area contributed by atoms with Crippen LogP contribution in [0.4, 0.5) is 0 Å². The molecule has 0 aliphatic heterocycles. The lowest BCUT2D eigenvalue weighted by Crippen LogP contribution is -2.05. The first-order valence-corrected chi connectivity index (χ1v) is 6.08. The summed E-state index contributed by atoms with van der Waals surface area (Å²) in [5.74, 6) is -1.13. The van der Waals surface area contributed by atoms with Crippen molar-refractivity contribution in [2.75, 3.05) is 0 Å². The van der Waals surface area contributed by atoms with Crippen LogP contribution >= 0.6 is 23.2 Å². The average molecular weight is 298 g/mol. The molecule has 2 aromatic rings. The Morgan fingerprint density at radius 2 is 2.00 bits per heavy atom. The second-order valence-electron chi connectivity index (χ2n) is 3.69. The van der Waals surface area contributed by atoms with Gasteiger partial charge in [-0.15, -0.1) is 0 Å². The monoisotopic (exact) mass is 297 g/mol. The van der Waals surface area contributed by atoms with E-state index in [1.807, 2.05) is 6.07 Å². The zero-order valence-corrected chi connectivity index (χ0v) is 11.1. The Morgan fingerprint density at radius 1 is 1.26 bits per heavy atom. The molecule has 0 amide bonds. The molecule has 0 fully saturated rings. The van der Waals surface area contributed by atoms with Gasteiger partial charge in [0.1, 0.15) is 12.2 Å². The van der Waals surface area contributed by atoms with Gasteiger partial charge in [-0.1, -0.05) is 29.3 Å². The summed E-state index contributed by atoms with van der Waals surface area (Å²) in [5.41, 5.74) is 0.660. The summed E-state index contributed by atoms with van der Waals surface area (Å²) >= 11 is 11.8. The van der Waals surface area contributed by atoms with Gasteiger partial charge in [-0.25, -0.2) is 4.79 Å². The van der Waals surface area contributed by atoms with Crippen molar-refractivity contribution in [3.05, 3.63) is 57.8 Å². The summed E-state index contributed by atoms with van der Waals surface area (Å²) in [7, 11) is 0. The maximum atomic E-state index is 11.2. The molecule has 4 nitrogen and oxygen atoms in total. The van der Waals surface area contributed by atoms with Crippen LogP contribution in [-0.4, -0.2) is 16.1 Å². The molecule has 2 rings (SSSR count). The number of halogens is 2. The number of hydrogen-bond donors (Lipinski definition) is 1. The molecule has 0 spiro atoms. The molecule has 0 aliphatic carbocycles. The SMILES string of the molecule is O=C(O)c1c(Cl)ccc(Cl)c1OCc1cccnc1. The molecule has 0 bridgehead atoms. The molecule has 1 aromatic carbocycles. The van der Waals surface area contributed by atoms with Gasteiger partial charge in [0.05, 0.1) is 10.0 Å². The zero-order chi connectivity index (χ0) is 13.8. The lowest BCUT2D eigenvalue weighted by molar-refractivity contribution is 0.0692. The van der Waals surface area contributed by atoms with E-state index < -0.39 is 5.97 Å². The number of carboxylic acids is 1.